The van der Waals surface area contributed by atoms with Gasteiger partial charge in [0.1, 0.15) is 24.6 Å². The number of furan rings is 1. The Morgan fingerprint density at radius 1 is 1.21 bits per heavy atom. The van der Waals surface area contributed by atoms with Crippen molar-refractivity contribution in [1.29, 1.82) is 0 Å². The van der Waals surface area contributed by atoms with Crippen molar-refractivity contribution in [1.82, 2.24) is 19.7 Å². The van der Waals surface area contributed by atoms with Gasteiger partial charge in [-0.2, -0.15) is 5.10 Å². The minimum atomic E-state index is -0.510. The lowest BCUT2D eigenvalue weighted by atomic mass is 9.95. The third-order valence-electron chi connectivity index (χ3n) is 4.80. The van der Waals surface area contributed by atoms with Crippen molar-refractivity contribution in [3.05, 3.63) is 60.8 Å². The molecule has 1 saturated heterocycles. The number of amides is 2. The Labute approximate surface area is 160 Å². The lowest BCUT2D eigenvalue weighted by molar-refractivity contribution is -0.121. The van der Waals surface area contributed by atoms with E-state index in [9.17, 15) is 14.0 Å². The molecule has 4 rings (SSSR count). The van der Waals surface area contributed by atoms with Gasteiger partial charge in [0.25, 0.3) is 5.91 Å². The average molecular weight is 383 g/mol. The summed E-state index contributed by atoms with van der Waals surface area (Å²) in [5.74, 6) is -1.02. The molecule has 1 aliphatic heterocycles. The number of aromatic nitrogens is 3. The molecule has 0 bridgehead atoms. The molecule has 0 saturated carbocycles. The Morgan fingerprint density at radius 3 is 2.68 bits per heavy atom. The van der Waals surface area contributed by atoms with Crippen LogP contribution < -0.4 is 5.32 Å². The first kappa shape index (κ1) is 17.9. The number of carbonyl (C=O) groups excluding carboxylic acids is 2. The monoisotopic (exact) mass is 383 g/mol. The van der Waals surface area contributed by atoms with E-state index in [1.54, 1.807) is 17.0 Å². The first-order chi connectivity index (χ1) is 13.6. The molecule has 2 amide bonds. The Bertz CT molecular complexity index is 964. The van der Waals surface area contributed by atoms with Crippen LogP contribution >= 0.6 is 0 Å². The second-order valence-electron chi connectivity index (χ2n) is 6.57. The van der Waals surface area contributed by atoms with Crippen LogP contribution in [-0.4, -0.2) is 44.6 Å². The Morgan fingerprint density at radius 2 is 2.04 bits per heavy atom. The predicted molar refractivity (Wildman–Crippen MR) is 97.3 cm³/mol. The molecular weight excluding hydrogens is 365 g/mol. The molecule has 1 aliphatic rings. The number of nitrogens with one attached hydrogen (secondary N) is 1. The van der Waals surface area contributed by atoms with Gasteiger partial charge in [-0.05, 0) is 37.1 Å². The molecule has 144 valence electrons. The Hall–Kier alpha value is -3.49. The number of benzene rings is 1. The summed E-state index contributed by atoms with van der Waals surface area (Å²) in [7, 11) is 0. The van der Waals surface area contributed by atoms with E-state index in [-0.39, 0.29) is 23.4 Å². The van der Waals surface area contributed by atoms with E-state index in [1.807, 2.05) is 0 Å². The van der Waals surface area contributed by atoms with Gasteiger partial charge in [-0.15, -0.1) is 0 Å². The molecule has 0 spiro atoms. The first-order valence-electron chi connectivity index (χ1n) is 8.88. The van der Waals surface area contributed by atoms with Gasteiger partial charge in [-0.1, -0.05) is 0 Å². The second-order valence-corrected chi connectivity index (χ2v) is 6.57. The highest BCUT2D eigenvalue weighted by molar-refractivity contribution is 5.95. The molecule has 0 unspecified atom stereocenters. The second kappa shape index (κ2) is 7.63. The van der Waals surface area contributed by atoms with Crippen LogP contribution in [0.15, 0.2) is 53.9 Å². The van der Waals surface area contributed by atoms with E-state index in [4.69, 9.17) is 4.42 Å². The van der Waals surface area contributed by atoms with Gasteiger partial charge in [0.2, 0.25) is 5.91 Å². The maximum atomic E-state index is 14.3. The van der Waals surface area contributed by atoms with E-state index in [0.717, 1.165) is 0 Å². The van der Waals surface area contributed by atoms with Crippen LogP contribution in [0.2, 0.25) is 0 Å². The molecule has 1 fully saturated rings. The Kier molecular flexibility index (Phi) is 4.88. The summed E-state index contributed by atoms with van der Waals surface area (Å²) < 4.78 is 20.5. The van der Waals surface area contributed by atoms with Gasteiger partial charge in [0, 0.05) is 24.7 Å². The number of nitrogens with zero attached hydrogens (tertiary/aromatic N) is 4. The summed E-state index contributed by atoms with van der Waals surface area (Å²) in [6.45, 7) is 0.976. The minimum absolute atomic E-state index is 0.0987. The van der Waals surface area contributed by atoms with Crippen molar-refractivity contribution in [2.75, 3.05) is 18.4 Å². The fraction of sp³-hybridized carbons (Fsp3) is 0.263. The van der Waals surface area contributed by atoms with Crippen LogP contribution in [0.25, 0.3) is 5.69 Å². The zero-order valence-electron chi connectivity index (χ0n) is 14.9. The molecule has 8 nitrogen and oxygen atoms in total. The maximum Gasteiger partial charge on any atom is 0.257 e. The number of hydrogen-bond acceptors (Lipinski definition) is 5. The predicted octanol–water partition coefficient (Wildman–Crippen LogP) is 2.49. The zero-order valence-corrected chi connectivity index (χ0v) is 14.9. The number of carbonyl (C=O) groups is 2. The summed E-state index contributed by atoms with van der Waals surface area (Å²) in [5, 5.41) is 6.65. The van der Waals surface area contributed by atoms with Crippen LogP contribution in [0.3, 0.4) is 0 Å². The van der Waals surface area contributed by atoms with Gasteiger partial charge >= 0.3 is 0 Å². The van der Waals surface area contributed by atoms with Crippen molar-refractivity contribution in [3.8, 4) is 5.69 Å². The molecular formula is C19H18FN5O3. The molecule has 0 atom stereocenters. The van der Waals surface area contributed by atoms with E-state index >= 15 is 0 Å². The lowest BCUT2D eigenvalue weighted by Gasteiger charge is -2.31. The highest BCUT2D eigenvalue weighted by Gasteiger charge is 2.28. The van der Waals surface area contributed by atoms with Crippen molar-refractivity contribution in [2.24, 2.45) is 5.92 Å². The van der Waals surface area contributed by atoms with Gasteiger partial charge in [-0.3, -0.25) is 9.59 Å². The van der Waals surface area contributed by atoms with Crippen LogP contribution in [0.4, 0.5) is 10.1 Å². The summed E-state index contributed by atoms with van der Waals surface area (Å²) in [4.78, 5) is 30.3. The number of anilines is 1. The summed E-state index contributed by atoms with van der Waals surface area (Å²) in [6.07, 6.45) is 6.69. The van der Waals surface area contributed by atoms with Gasteiger partial charge < -0.3 is 14.6 Å². The van der Waals surface area contributed by atoms with Crippen LogP contribution in [0.1, 0.15) is 23.2 Å². The lowest BCUT2D eigenvalue weighted by Crippen LogP contribution is -2.41. The van der Waals surface area contributed by atoms with Gasteiger partial charge in [0.05, 0.1) is 11.8 Å². The van der Waals surface area contributed by atoms with Crippen LogP contribution in [0.5, 0.6) is 0 Å². The summed E-state index contributed by atoms with van der Waals surface area (Å²) in [5.41, 5.74) is 1.13. The van der Waals surface area contributed by atoms with E-state index < -0.39 is 5.82 Å². The minimum Gasteiger partial charge on any atom is -0.472 e. The van der Waals surface area contributed by atoms with Gasteiger partial charge in [0.15, 0.2) is 5.82 Å². The third kappa shape index (κ3) is 3.64. The fourth-order valence-corrected chi connectivity index (χ4v) is 3.26. The number of halogens is 1. The van der Waals surface area contributed by atoms with Crippen LogP contribution in [0, 0.1) is 11.7 Å². The molecule has 1 aromatic carbocycles. The molecule has 9 heteroatoms. The molecule has 28 heavy (non-hydrogen) atoms. The number of rotatable bonds is 4. The summed E-state index contributed by atoms with van der Waals surface area (Å²) >= 11 is 0. The molecule has 1 N–H and O–H groups in total. The smallest absolute Gasteiger partial charge is 0.257 e. The van der Waals surface area contributed by atoms with Crippen molar-refractivity contribution < 1.29 is 18.4 Å². The van der Waals surface area contributed by atoms with Crippen molar-refractivity contribution in [2.45, 2.75) is 12.8 Å². The SMILES string of the molecule is O=C(Nc1ccc(-n2cncn2)c(F)c1)C1CCN(C(=O)c2ccoc2)CC1. The van der Waals surface area contributed by atoms with E-state index in [2.05, 4.69) is 15.4 Å². The maximum absolute atomic E-state index is 14.3. The number of likely N-dealkylation sites (tertiary alicyclic amines) is 1. The molecule has 0 aliphatic carbocycles. The largest absolute Gasteiger partial charge is 0.472 e. The van der Waals surface area contributed by atoms with Crippen molar-refractivity contribution >= 4 is 17.5 Å². The molecule has 3 aromatic rings. The fourth-order valence-electron chi connectivity index (χ4n) is 3.26. The third-order valence-corrected chi connectivity index (χ3v) is 4.80. The molecule has 0 radical (unpaired) electrons. The zero-order chi connectivity index (χ0) is 19.5. The van der Waals surface area contributed by atoms with E-state index in [0.29, 0.717) is 37.2 Å². The quantitative estimate of drug-likeness (QED) is 0.747. The number of piperidine rings is 1. The highest BCUT2D eigenvalue weighted by Crippen LogP contribution is 2.23. The normalized spacial score (nSPS) is 14.8. The standard InChI is InChI=1S/C19H18FN5O3/c20-16-9-15(1-2-17(16)25-12-21-11-22-25)23-18(26)13-3-6-24(7-4-13)19(27)14-5-8-28-10-14/h1-2,5,8-13H,3-4,6-7H2,(H,23,26). The van der Waals surface area contributed by atoms with Crippen LogP contribution in [-0.2, 0) is 4.79 Å². The Balaban J connectivity index is 1.35. The molecule has 3 heterocycles. The number of hydrogen-bond donors (Lipinski definition) is 1. The average Bonchev–Trinajstić information content (AvgIpc) is 3.42. The van der Waals surface area contributed by atoms with Gasteiger partial charge in [-0.25, -0.2) is 14.1 Å². The summed E-state index contributed by atoms with van der Waals surface area (Å²) in [6, 6.07) is 6.03. The van der Waals surface area contributed by atoms with Crippen molar-refractivity contribution in [3.63, 3.8) is 0 Å². The van der Waals surface area contributed by atoms with E-state index in [1.165, 1.54) is 42.0 Å². The topological polar surface area (TPSA) is 93.3 Å². The molecule has 2 aromatic heterocycles. The highest BCUT2D eigenvalue weighted by atomic mass is 19.1. The first-order valence-corrected chi connectivity index (χ1v) is 8.88.